The standard InChI is InChI=1S/C20H17FN2O3S/c1-3-10(2)23-16-9-13(11-5-4-6-12(24)7-11)15(21)8-14(16)18(25)17-19(26)22-27-20(17)23/h4-10,24H,3H2,1-2H3,(H,22,26). The number of halogens is 1. The van der Waals surface area contributed by atoms with E-state index in [9.17, 15) is 19.1 Å². The third-order valence-electron chi connectivity index (χ3n) is 4.91. The van der Waals surface area contributed by atoms with Gasteiger partial charge in [0.1, 0.15) is 21.8 Å². The number of phenols is 1. The zero-order valence-corrected chi connectivity index (χ0v) is 15.6. The lowest BCUT2D eigenvalue weighted by molar-refractivity contribution is 0.475. The molecule has 0 aliphatic carbocycles. The predicted octanol–water partition coefficient (Wildman–Crippen LogP) is 4.39. The molecule has 5 nitrogen and oxygen atoms in total. The van der Waals surface area contributed by atoms with Crippen molar-refractivity contribution in [1.82, 2.24) is 8.94 Å². The molecule has 2 N–H and O–H groups in total. The van der Waals surface area contributed by atoms with Crippen LogP contribution in [0, 0.1) is 5.82 Å². The van der Waals surface area contributed by atoms with Crippen molar-refractivity contribution in [3.05, 3.63) is 62.8 Å². The number of phenolic OH excluding ortho intramolecular Hbond substituents is 1. The first-order valence-corrected chi connectivity index (χ1v) is 9.42. The molecule has 0 aliphatic rings. The maximum absolute atomic E-state index is 14.8. The lowest BCUT2D eigenvalue weighted by Crippen LogP contribution is -2.17. The summed E-state index contributed by atoms with van der Waals surface area (Å²) in [5, 5.41) is 9.97. The molecule has 2 aromatic heterocycles. The van der Waals surface area contributed by atoms with Crippen LogP contribution in [0.2, 0.25) is 0 Å². The Balaban J connectivity index is 2.19. The SMILES string of the molecule is CCC(C)n1c2cc(-c3cccc(O)c3)c(F)cc2c(=O)c2c(=O)[nH]sc21. The number of aromatic amines is 1. The lowest BCUT2D eigenvalue weighted by atomic mass is 10.0. The molecule has 138 valence electrons. The summed E-state index contributed by atoms with van der Waals surface area (Å²) in [6.45, 7) is 4.00. The Kier molecular flexibility index (Phi) is 4.11. The molecule has 27 heavy (non-hydrogen) atoms. The van der Waals surface area contributed by atoms with Gasteiger partial charge in [0.15, 0.2) is 0 Å². The minimum atomic E-state index is -0.577. The monoisotopic (exact) mass is 384 g/mol. The van der Waals surface area contributed by atoms with Gasteiger partial charge in [-0.1, -0.05) is 19.1 Å². The molecular formula is C20H17FN2O3S. The number of nitrogens with zero attached hydrogens (tertiary/aromatic N) is 1. The van der Waals surface area contributed by atoms with Crippen LogP contribution in [0.25, 0.3) is 32.2 Å². The van der Waals surface area contributed by atoms with Gasteiger partial charge in [-0.3, -0.25) is 14.0 Å². The largest absolute Gasteiger partial charge is 0.508 e. The summed E-state index contributed by atoms with van der Waals surface area (Å²) >= 11 is 1.11. The second kappa shape index (κ2) is 6.35. The molecule has 0 fully saturated rings. The van der Waals surface area contributed by atoms with Crippen molar-refractivity contribution in [2.75, 3.05) is 0 Å². The summed E-state index contributed by atoms with van der Waals surface area (Å²) in [4.78, 5) is 25.5. The maximum atomic E-state index is 14.8. The van der Waals surface area contributed by atoms with Gasteiger partial charge in [0, 0.05) is 17.0 Å². The zero-order valence-electron chi connectivity index (χ0n) is 14.7. The molecule has 1 atom stereocenters. The van der Waals surface area contributed by atoms with Crippen molar-refractivity contribution in [2.45, 2.75) is 26.3 Å². The first kappa shape index (κ1) is 17.5. The fourth-order valence-corrected chi connectivity index (χ4v) is 4.32. The van der Waals surface area contributed by atoms with E-state index in [0.717, 1.165) is 18.0 Å². The number of aromatic hydroxyl groups is 1. The quantitative estimate of drug-likeness (QED) is 0.550. The van der Waals surface area contributed by atoms with E-state index < -0.39 is 16.8 Å². The molecule has 0 spiro atoms. The Labute approximate surface area is 157 Å². The van der Waals surface area contributed by atoms with Gasteiger partial charge in [-0.2, -0.15) is 0 Å². The average molecular weight is 384 g/mol. The normalized spacial score (nSPS) is 12.7. The molecular weight excluding hydrogens is 367 g/mol. The number of hydrogen-bond acceptors (Lipinski definition) is 4. The smallest absolute Gasteiger partial charge is 0.271 e. The highest BCUT2D eigenvalue weighted by Crippen LogP contribution is 2.32. The van der Waals surface area contributed by atoms with Crippen LogP contribution in [0.3, 0.4) is 0 Å². The predicted molar refractivity (Wildman–Crippen MR) is 106 cm³/mol. The minimum Gasteiger partial charge on any atom is -0.508 e. The Morgan fingerprint density at radius 1 is 1.26 bits per heavy atom. The van der Waals surface area contributed by atoms with Gasteiger partial charge < -0.3 is 9.67 Å². The molecule has 4 aromatic rings. The number of fused-ring (bicyclic) bond motifs is 2. The number of rotatable bonds is 3. The Hall–Kier alpha value is -2.93. The fourth-order valence-electron chi connectivity index (χ4n) is 3.37. The molecule has 0 bridgehead atoms. The van der Waals surface area contributed by atoms with E-state index in [1.54, 1.807) is 18.2 Å². The summed E-state index contributed by atoms with van der Waals surface area (Å²) < 4.78 is 19.4. The maximum Gasteiger partial charge on any atom is 0.271 e. The Bertz CT molecular complexity index is 1300. The highest BCUT2D eigenvalue weighted by atomic mass is 32.1. The van der Waals surface area contributed by atoms with Gasteiger partial charge in [-0.15, -0.1) is 0 Å². The molecule has 0 saturated carbocycles. The van der Waals surface area contributed by atoms with Gasteiger partial charge >= 0.3 is 0 Å². The number of nitrogens with one attached hydrogen (secondary N) is 1. The van der Waals surface area contributed by atoms with Crippen LogP contribution < -0.4 is 11.0 Å². The topological polar surface area (TPSA) is 75.1 Å². The molecule has 1 unspecified atom stereocenters. The van der Waals surface area contributed by atoms with Crippen LogP contribution in [0.1, 0.15) is 26.3 Å². The highest BCUT2D eigenvalue weighted by molar-refractivity contribution is 7.12. The van der Waals surface area contributed by atoms with E-state index in [-0.39, 0.29) is 28.1 Å². The summed E-state index contributed by atoms with van der Waals surface area (Å²) in [5.41, 5.74) is 0.452. The second-order valence-corrected chi connectivity index (χ2v) is 7.36. The second-order valence-electron chi connectivity index (χ2n) is 6.57. The van der Waals surface area contributed by atoms with Crippen molar-refractivity contribution >= 4 is 32.7 Å². The van der Waals surface area contributed by atoms with Crippen molar-refractivity contribution in [1.29, 1.82) is 0 Å². The van der Waals surface area contributed by atoms with E-state index >= 15 is 0 Å². The zero-order chi connectivity index (χ0) is 19.3. The molecule has 7 heteroatoms. The number of H-pyrrole nitrogens is 1. The number of hydrogen-bond donors (Lipinski definition) is 2. The summed E-state index contributed by atoms with van der Waals surface area (Å²) in [6, 6.07) is 9.13. The molecule has 0 amide bonds. The van der Waals surface area contributed by atoms with Crippen LogP contribution >= 0.6 is 11.5 Å². The average Bonchev–Trinajstić information content (AvgIpc) is 3.03. The van der Waals surface area contributed by atoms with Crippen molar-refractivity contribution in [3.8, 4) is 16.9 Å². The summed E-state index contributed by atoms with van der Waals surface area (Å²) in [7, 11) is 0. The molecule has 2 heterocycles. The molecule has 4 rings (SSSR count). The van der Waals surface area contributed by atoms with Gasteiger partial charge in [-0.05, 0) is 54.7 Å². The number of benzene rings is 2. The highest BCUT2D eigenvalue weighted by Gasteiger charge is 2.20. The molecule has 2 aromatic carbocycles. The van der Waals surface area contributed by atoms with Crippen LogP contribution in [0.4, 0.5) is 4.39 Å². The van der Waals surface area contributed by atoms with Gasteiger partial charge in [0.05, 0.1) is 5.52 Å². The van der Waals surface area contributed by atoms with Gasteiger partial charge in [-0.25, -0.2) is 4.39 Å². The lowest BCUT2D eigenvalue weighted by Gasteiger charge is -2.19. The first-order valence-electron chi connectivity index (χ1n) is 8.60. The van der Waals surface area contributed by atoms with Crippen LogP contribution in [0.5, 0.6) is 5.75 Å². The Morgan fingerprint density at radius 2 is 2.04 bits per heavy atom. The molecule has 0 radical (unpaired) electrons. The molecule has 0 saturated heterocycles. The van der Waals surface area contributed by atoms with Crippen LogP contribution in [0.15, 0.2) is 46.0 Å². The van der Waals surface area contributed by atoms with E-state index in [2.05, 4.69) is 4.37 Å². The fraction of sp³-hybridized carbons (Fsp3) is 0.200. The Morgan fingerprint density at radius 3 is 2.74 bits per heavy atom. The van der Waals surface area contributed by atoms with E-state index in [1.165, 1.54) is 18.2 Å². The van der Waals surface area contributed by atoms with E-state index in [0.29, 0.717) is 15.9 Å². The third-order valence-corrected chi connectivity index (χ3v) is 5.79. The van der Waals surface area contributed by atoms with Gasteiger partial charge in [0.25, 0.3) is 5.56 Å². The number of aromatic nitrogens is 2. The summed E-state index contributed by atoms with van der Waals surface area (Å²) in [5.74, 6) is -0.544. The van der Waals surface area contributed by atoms with Crippen molar-refractivity contribution in [2.24, 2.45) is 0 Å². The minimum absolute atomic E-state index is 0.00420. The third kappa shape index (κ3) is 2.66. The summed E-state index contributed by atoms with van der Waals surface area (Å²) in [6.07, 6.45) is 0.776. The molecule has 0 aliphatic heterocycles. The van der Waals surface area contributed by atoms with E-state index in [4.69, 9.17) is 0 Å². The van der Waals surface area contributed by atoms with Crippen molar-refractivity contribution < 1.29 is 9.50 Å². The van der Waals surface area contributed by atoms with Crippen molar-refractivity contribution in [3.63, 3.8) is 0 Å². The van der Waals surface area contributed by atoms with E-state index in [1.807, 2.05) is 18.4 Å². The van der Waals surface area contributed by atoms with Crippen LogP contribution in [-0.4, -0.2) is 14.0 Å². The first-order chi connectivity index (χ1) is 12.9. The van der Waals surface area contributed by atoms with Crippen LogP contribution in [-0.2, 0) is 0 Å². The number of pyridine rings is 1. The van der Waals surface area contributed by atoms with Gasteiger partial charge in [0.2, 0.25) is 5.43 Å².